The molecule has 0 saturated heterocycles. The van der Waals surface area contributed by atoms with E-state index in [1.807, 2.05) is 0 Å². The van der Waals surface area contributed by atoms with Crippen molar-refractivity contribution in [2.45, 2.75) is 13.1 Å². The van der Waals surface area contributed by atoms with Crippen LogP contribution in [0.1, 0.15) is 12.4 Å². The zero-order valence-electron chi connectivity index (χ0n) is 13.1. The fourth-order valence-corrected chi connectivity index (χ4v) is 2.67. The lowest BCUT2D eigenvalue weighted by atomic mass is 10.2. The number of halogens is 3. The highest BCUT2D eigenvalue weighted by Crippen LogP contribution is 2.23. The van der Waals surface area contributed by atoms with E-state index in [4.69, 9.17) is 4.42 Å². The predicted molar refractivity (Wildman–Crippen MR) is 86.2 cm³/mol. The van der Waals surface area contributed by atoms with Gasteiger partial charge in [0.2, 0.25) is 5.89 Å². The molecule has 0 atom stereocenters. The van der Waals surface area contributed by atoms with Crippen molar-refractivity contribution in [3.8, 4) is 11.5 Å². The minimum atomic E-state index is -2.82. The van der Waals surface area contributed by atoms with Crippen molar-refractivity contribution < 1.29 is 17.6 Å². The highest BCUT2D eigenvalue weighted by Gasteiger charge is 2.20. The molecule has 26 heavy (non-hydrogen) atoms. The number of nitrogens with zero attached hydrogens (tertiary/aromatic N) is 4. The van der Waals surface area contributed by atoms with Gasteiger partial charge in [-0.25, -0.2) is 14.2 Å². The minimum absolute atomic E-state index is 0.0257. The summed E-state index contributed by atoms with van der Waals surface area (Å²) in [5.74, 6) is -1.32. The molecule has 0 amide bonds. The molecule has 0 aliphatic heterocycles. The summed E-state index contributed by atoms with van der Waals surface area (Å²) in [6.45, 7) is -3.11. The van der Waals surface area contributed by atoms with E-state index in [2.05, 4.69) is 10.1 Å². The summed E-state index contributed by atoms with van der Waals surface area (Å²) in [6, 6.07) is 11.6. The average Bonchev–Trinajstić information content (AvgIpc) is 3.16. The van der Waals surface area contributed by atoms with E-state index in [9.17, 15) is 18.0 Å². The number of hydrogen-bond acceptors (Lipinski definition) is 4. The number of hydrogen-bond donors (Lipinski definition) is 0. The largest absolute Gasteiger partial charge is 0.437 e. The Balaban J connectivity index is 1.74. The van der Waals surface area contributed by atoms with Gasteiger partial charge in [0.25, 0.3) is 0 Å². The molecule has 4 aromatic rings. The van der Waals surface area contributed by atoms with Gasteiger partial charge < -0.3 is 4.42 Å². The maximum Gasteiger partial charge on any atom is 0.437 e. The van der Waals surface area contributed by atoms with Gasteiger partial charge in [0.1, 0.15) is 18.2 Å². The lowest BCUT2D eigenvalue weighted by molar-refractivity contribution is 0.0709. The van der Waals surface area contributed by atoms with Crippen molar-refractivity contribution in [3.05, 3.63) is 70.7 Å². The van der Waals surface area contributed by atoms with Crippen LogP contribution in [0.5, 0.6) is 0 Å². The second-order valence-corrected chi connectivity index (χ2v) is 5.50. The van der Waals surface area contributed by atoms with Gasteiger partial charge in [0.15, 0.2) is 0 Å². The lowest BCUT2D eigenvalue weighted by Crippen LogP contribution is -2.19. The van der Waals surface area contributed by atoms with E-state index in [-0.39, 0.29) is 23.8 Å². The summed E-state index contributed by atoms with van der Waals surface area (Å²) >= 11 is 0. The van der Waals surface area contributed by atoms with Crippen molar-refractivity contribution in [2.24, 2.45) is 0 Å². The highest BCUT2D eigenvalue weighted by atomic mass is 19.3. The third kappa shape index (κ3) is 2.77. The molecule has 0 unspecified atom stereocenters. The number of benzene rings is 2. The molecule has 0 aliphatic rings. The molecule has 2 heterocycles. The molecule has 0 fully saturated rings. The first kappa shape index (κ1) is 16.1. The maximum absolute atomic E-state index is 13.5. The molecule has 0 saturated carbocycles. The monoisotopic (exact) mass is 360 g/mol. The van der Waals surface area contributed by atoms with Gasteiger partial charge >= 0.3 is 12.3 Å². The number of imidazole rings is 1. The first-order chi connectivity index (χ1) is 12.5. The van der Waals surface area contributed by atoms with Crippen LogP contribution in [-0.2, 0) is 6.54 Å². The zero-order chi connectivity index (χ0) is 18.3. The summed E-state index contributed by atoms with van der Waals surface area (Å²) in [6.07, 6.45) is 0. The second kappa shape index (κ2) is 6.17. The smallest absolute Gasteiger partial charge is 0.388 e. The van der Waals surface area contributed by atoms with Gasteiger partial charge in [-0.3, -0.25) is 4.57 Å². The SMILES string of the molecule is O=c1oc(-c2ccc(F)cc2)nn1Cc1nc2ccccc2n1C(F)F. The zero-order valence-corrected chi connectivity index (χ0v) is 13.1. The molecule has 6 nitrogen and oxygen atoms in total. The van der Waals surface area contributed by atoms with Crippen LogP contribution in [0, 0.1) is 5.82 Å². The van der Waals surface area contributed by atoms with Crippen molar-refractivity contribution in [3.63, 3.8) is 0 Å². The summed E-state index contributed by atoms with van der Waals surface area (Å²) in [7, 11) is 0. The van der Waals surface area contributed by atoms with Gasteiger partial charge in [0, 0.05) is 5.56 Å². The summed E-state index contributed by atoms with van der Waals surface area (Å²) in [5.41, 5.74) is 1.04. The standard InChI is InChI=1S/C17H11F3N4O2/c18-11-7-5-10(6-8-11)15-22-23(17(25)26-15)9-14-21-12-3-1-2-4-13(12)24(14)16(19)20/h1-8,16H,9H2. The average molecular weight is 360 g/mol. The summed E-state index contributed by atoms with van der Waals surface area (Å²) in [4.78, 5) is 16.2. The number of para-hydroxylation sites is 2. The molecule has 0 radical (unpaired) electrons. The van der Waals surface area contributed by atoms with Crippen LogP contribution in [0.15, 0.2) is 57.7 Å². The van der Waals surface area contributed by atoms with Crippen LogP contribution in [0.2, 0.25) is 0 Å². The second-order valence-electron chi connectivity index (χ2n) is 5.50. The Bertz CT molecular complexity index is 1130. The summed E-state index contributed by atoms with van der Waals surface area (Å²) < 4.78 is 46.6. The fourth-order valence-electron chi connectivity index (χ4n) is 2.67. The molecule has 9 heteroatoms. The van der Waals surface area contributed by atoms with Gasteiger partial charge in [-0.2, -0.15) is 13.5 Å². The number of aromatic nitrogens is 4. The van der Waals surface area contributed by atoms with Gasteiger partial charge in [-0.15, -0.1) is 5.10 Å². The number of fused-ring (bicyclic) bond motifs is 1. The van der Waals surface area contributed by atoms with E-state index < -0.39 is 18.1 Å². The Morgan fingerprint density at radius 3 is 2.54 bits per heavy atom. The van der Waals surface area contributed by atoms with Crippen LogP contribution in [-0.4, -0.2) is 19.3 Å². The third-order valence-electron chi connectivity index (χ3n) is 3.85. The normalized spacial score (nSPS) is 11.5. The van der Waals surface area contributed by atoms with Crippen molar-refractivity contribution in [1.82, 2.24) is 19.3 Å². The molecule has 0 N–H and O–H groups in total. The molecular formula is C17H11F3N4O2. The molecule has 2 aromatic heterocycles. The van der Waals surface area contributed by atoms with E-state index in [1.165, 1.54) is 30.3 Å². The van der Waals surface area contributed by atoms with Gasteiger partial charge in [-0.1, -0.05) is 12.1 Å². The molecule has 0 spiro atoms. The summed E-state index contributed by atoms with van der Waals surface area (Å²) in [5, 5.41) is 3.99. The van der Waals surface area contributed by atoms with Crippen LogP contribution in [0.4, 0.5) is 13.2 Å². The van der Waals surface area contributed by atoms with E-state index in [0.717, 1.165) is 9.25 Å². The topological polar surface area (TPSA) is 65.8 Å². The van der Waals surface area contributed by atoms with Crippen molar-refractivity contribution in [1.29, 1.82) is 0 Å². The van der Waals surface area contributed by atoms with Crippen LogP contribution in [0.25, 0.3) is 22.5 Å². The predicted octanol–water partition coefficient (Wildman–Crippen LogP) is 3.44. The Hall–Kier alpha value is -3.36. The fraction of sp³-hybridized carbons (Fsp3) is 0.118. The van der Waals surface area contributed by atoms with Crippen molar-refractivity contribution >= 4 is 11.0 Å². The number of rotatable bonds is 4. The third-order valence-corrected chi connectivity index (χ3v) is 3.85. The molecule has 2 aromatic carbocycles. The minimum Gasteiger partial charge on any atom is -0.388 e. The van der Waals surface area contributed by atoms with Crippen LogP contribution >= 0.6 is 0 Å². The van der Waals surface area contributed by atoms with Crippen LogP contribution in [0.3, 0.4) is 0 Å². The highest BCUT2D eigenvalue weighted by molar-refractivity contribution is 5.76. The van der Waals surface area contributed by atoms with Crippen molar-refractivity contribution in [2.75, 3.05) is 0 Å². The molecule has 4 rings (SSSR count). The van der Waals surface area contributed by atoms with Crippen LogP contribution < -0.4 is 5.76 Å². The molecule has 132 valence electrons. The molecule has 0 bridgehead atoms. The first-order valence-corrected chi connectivity index (χ1v) is 7.61. The lowest BCUT2D eigenvalue weighted by Gasteiger charge is -2.06. The Morgan fingerprint density at radius 2 is 1.81 bits per heavy atom. The van der Waals surface area contributed by atoms with E-state index >= 15 is 0 Å². The maximum atomic E-state index is 13.5. The molecular weight excluding hydrogens is 349 g/mol. The number of alkyl halides is 2. The first-order valence-electron chi connectivity index (χ1n) is 7.61. The van der Waals surface area contributed by atoms with E-state index in [1.54, 1.807) is 18.2 Å². The Morgan fingerprint density at radius 1 is 1.08 bits per heavy atom. The quantitative estimate of drug-likeness (QED) is 0.559. The molecule has 0 aliphatic carbocycles. The van der Waals surface area contributed by atoms with E-state index in [0.29, 0.717) is 11.1 Å². The van der Waals surface area contributed by atoms with Gasteiger partial charge in [-0.05, 0) is 36.4 Å². The Labute approximate surface area is 144 Å². The Kier molecular flexibility index (Phi) is 3.83. The van der Waals surface area contributed by atoms with Gasteiger partial charge in [0.05, 0.1) is 11.0 Å².